The summed E-state index contributed by atoms with van der Waals surface area (Å²) >= 11 is 0. The molecule has 118 valence electrons. The Morgan fingerprint density at radius 2 is 2.14 bits per heavy atom. The molecule has 0 amide bonds. The Bertz CT molecular complexity index is 591. The van der Waals surface area contributed by atoms with Crippen molar-refractivity contribution in [2.75, 3.05) is 7.05 Å². The molecule has 0 bridgehead atoms. The normalized spacial score (nSPS) is 11.1. The van der Waals surface area contributed by atoms with Crippen molar-refractivity contribution in [1.82, 2.24) is 10.1 Å². The molecule has 0 fully saturated rings. The van der Waals surface area contributed by atoms with Crippen molar-refractivity contribution in [1.29, 1.82) is 0 Å². The van der Waals surface area contributed by atoms with Crippen LogP contribution in [-0.2, 0) is 19.5 Å². The van der Waals surface area contributed by atoms with E-state index in [9.17, 15) is 0 Å². The van der Waals surface area contributed by atoms with Gasteiger partial charge in [0.1, 0.15) is 12.0 Å². The van der Waals surface area contributed by atoms with E-state index in [1.54, 1.807) is 6.26 Å². The third kappa shape index (κ3) is 4.74. The van der Waals surface area contributed by atoms with Crippen LogP contribution in [0.5, 0.6) is 5.75 Å². The molecule has 0 aliphatic heterocycles. The Labute approximate surface area is 132 Å². The fourth-order valence-electron chi connectivity index (χ4n) is 2.38. The topological polar surface area (TPSA) is 38.5 Å². The largest absolute Gasteiger partial charge is 0.491 e. The molecule has 0 atom stereocenters. The Morgan fingerprint density at radius 3 is 2.77 bits per heavy atom. The maximum Gasteiger partial charge on any atom is 0.124 e. The summed E-state index contributed by atoms with van der Waals surface area (Å²) in [6.45, 7) is 9.52. The number of benzene rings is 1. The predicted molar refractivity (Wildman–Crippen MR) is 87.8 cm³/mol. The molecule has 4 nitrogen and oxygen atoms in total. The van der Waals surface area contributed by atoms with Crippen LogP contribution >= 0.6 is 0 Å². The van der Waals surface area contributed by atoms with Gasteiger partial charge >= 0.3 is 0 Å². The molecular formula is C18H24N2O2. The molecule has 4 heteroatoms. The van der Waals surface area contributed by atoms with E-state index in [1.807, 2.05) is 26.0 Å². The lowest BCUT2D eigenvalue weighted by atomic mass is 10.1. The minimum absolute atomic E-state index is 0.171. The van der Waals surface area contributed by atoms with Gasteiger partial charge in [-0.3, -0.25) is 4.90 Å². The van der Waals surface area contributed by atoms with Crippen LogP contribution in [0.3, 0.4) is 0 Å². The van der Waals surface area contributed by atoms with Gasteiger partial charge in [0.2, 0.25) is 0 Å². The number of nitrogens with zero attached hydrogens (tertiary/aromatic N) is 2. The summed E-state index contributed by atoms with van der Waals surface area (Å²) < 4.78 is 10.7. The third-order valence-electron chi connectivity index (χ3n) is 3.23. The van der Waals surface area contributed by atoms with Gasteiger partial charge in [0.05, 0.1) is 11.8 Å². The first-order valence-electron chi connectivity index (χ1n) is 7.55. The van der Waals surface area contributed by atoms with E-state index in [2.05, 4.69) is 41.9 Å². The second-order valence-electron chi connectivity index (χ2n) is 5.76. The highest BCUT2D eigenvalue weighted by Crippen LogP contribution is 2.23. The van der Waals surface area contributed by atoms with Crippen molar-refractivity contribution in [3.8, 4) is 5.75 Å². The Hall–Kier alpha value is -2.07. The van der Waals surface area contributed by atoms with Gasteiger partial charge in [-0.05, 0) is 44.5 Å². The van der Waals surface area contributed by atoms with Crippen molar-refractivity contribution in [3.63, 3.8) is 0 Å². The lowest BCUT2D eigenvalue weighted by Gasteiger charge is -2.18. The Morgan fingerprint density at radius 1 is 1.32 bits per heavy atom. The van der Waals surface area contributed by atoms with E-state index in [1.165, 1.54) is 11.1 Å². The van der Waals surface area contributed by atoms with Crippen LogP contribution in [0.4, 0.5) is 0 Å². The van der Waals surface area contributed by atoms with E-state index in [4.69, 9.17) is 9.26 Å². The molecule has 22 heavy (non-hydrogen) atoms. The van der Waals surface area contributed by atoms with E-state index in [0.717, 1.165) is 31.0 Å². The van der Waals surface area contributed by atoms with E-state index >= 15 is 0 Å². The number of rotatable bonds is 8. The highest BCUT2D eigenvalue weighted by Gasteiger charge is 2.09. The van der Waals surface area contributed by atoms with Crippen molar-refractivity contribution < 1.29 is 9.26 Å². The van der Waals surface area contributed by atoms with Gasteiger partial charge in [-0.25, -0.2) is 0 Å². The zero-order valence-electron chi connectivity index (χ0n) is 13.6. The molecule has 0 radical (unpaired) electrons. The second-order valence-corrected chi connectivity index (χ2v) is 5.76. The lowest BCUT2D eigenvalue weighted by Crippen LogP contribution is -2.17. The average Bonchev–Trinajstić information content (AvgIpc) is 2.94. The SMILES string of the molecule is C=CCc1cc(CN(C)Cc2ccon2)ccc1OC(C)C. The predicted octanol–water partition coefficient (Wildman–Crippen LogP) is 3.82. The third-order valence-corrected chi connectivity index (χ3v) is 3.23. The van der Waals surface area contributed by atoms with E-state index in [-0.39, 0.29) is 6.10 Å². The van der Waals surface area contributed by atoms with Gasteiger partial charge in [0, 0.05) is 19.2 Å². The van der Waals surface area contributed by atoms with Gasteiger partial charge in [0.25, 0.3) is 0 Å². The smallest absolute Gasteiger partial charge is 0.124 e. The summed E-state index contributed by atoms with van der Waals surface area (Å²) in [5, 5.41) is 3.94. The zero-order valence-corrected chi connectivity index (χ0v) is 13.6. The molecule has 0 saturated heterocycles. The summed E-state index contributed by atoms with van der Waals surface area (Å²) in [6, 6.07) is 8.25. The first-order chi connectivity index (χ1) is 10.6. The number of ether oxygens (including phenoxy) is 1. The monoisotopic (exact) mass is 300 g/mol. The quantitative estimate of drug-likeness (QED) is 0.695. The van der Waals surface area contributed by atoms with Gasteiger partial charge in [-0.2, -0.15) is 0 Å². The van der Waals surface area contributed by atoms with E-state index in [0.29, 0.717) is 0 Å². The number of aromatic nitrogens is 1. The van der Waals surface area contributed by atoms with Crippen molar-refractivity contribution in [2.24, 2.45) is 0 Å². The number of hydrogen-bond donors (Lipinski definition) is 0. The van der Waals surface area contributed by atoms with Crippen LogP contribution in [0.25, 0.3) is 0 Å². The molecule has 0 unspecified atom stereocenters. The molecule has 0 saturated carbocycles. The van der Waals surface area contributed by atoms with Crippen LogP contribution in [0.1, 0.15) is 30.7 Å². The second kappa shape index (κ2) is 7.80. The van der Waals surface area contributed by atoms with Gasteiger partial charge in [-0.15, -0.1) is 6.58 Å². The minimum Gasteiger partial charge on any atom is -0.491 e. The van der Waals surface area contributed by atoms with Crippen molar-refractivity contribution >= 4 is 0 Å². The van der Waals surface area contributed by atoms with Crippen LogP contribution in [0.2, 0.25) is 0 Å². The summed E-state index contributed by atoms with van der Waals surface area (Å²) in [6.07, 6.45) is 4.49. The maximum absolute atomic E-state index is 5.86. The zero-order chi connectivity index (χ0) is 15.9. The fourth-order valence-corrected chi connectivity index (χ4v) is 2.38. The van der Waals surface area contributed by atoms with Gasteiger partial charge in [0.15, 0.2) is 0 Å². The molecule has 0 aliphatic rings. The molecular weight excluding hydrogens is 276 g/mol. The highest BCUT2D eigenvalue weighted by molar-refractivity contribution is 5.38. The molecule has 0 N–H and O–H groups in total. The van der Waals surface area contributed by atoms with Gasteiger partial charge < -0.3 is 9.26 Å². The number of allylic oxidation sites excluding steroid dienone is 1. The lowest BCUT2D eigenvalue weighted by molar-refractivity contribution is 0.240. The molecule has 0 aliphatic carbocycles. The van der Waals surface area contributed by atoms with Crippen LogP contribution in [0.15, 0.2) is 47.7 Å². The molecule has 2 rings (SSSR count). The average molecular weight is 300 g/mol. The molecule has 1 aromatic heterocycles. The minimum atomic E-state index is 0.171. The molecule has 2 aromatic rings. The first kappa shape index (κ1) is 16.3. The number of hydrogen-bond acceptors (Lipinski definition) is 4. The van der Waals surface area contributed by atoms with Crippen molar-refractivity contribution in [3.05, 3.63) is 60.0 Å². The fraction of sp³-hybridized carbons (Fsp3) is 0.389. The standard InChI is InChI=1S/C18H24N2O2/c1-5-6-16-11-15(7-8-18(16)22-14(2)3)12-20(4)13-17-9-10-21-19-17/h5,7-11,14H,1,6,12-13H2,2-4H3. The van der Waals surface area contributed by atoms with E-state index < -0.39 is 0 Å². The first-order valence-corrected chi connectivity index (χ1v) is 7.55. The summed E-state index contributed by atoms with van der Waals surface area (Å²) in [5.41, 5.74) is 3.36. The summed E-state index contributed by atoms with van der Waals surface area (Å²) in [7, 11) is 2.07. The molecule has 1 aromatic carbocycles. The summed E-state index contributed by atoms with van der Waals surface area (Å²) in [5.74, 6) is 0.942. The van der Waals surface area contributed by atoms with Gasteiger partial charge in [-0.1, -0.05) is 23.4 Å². The summed E-state index contributed by atoms with van der Waals surface area (Å²) in [4.78, 5) is 2.20. The van der Waals surface area contributed by atoms with Crippen LogP contribution in [-0.4, -0.2) is 23.2 Å². The van der Waals surface area contributed by atoms with Crippen LogP contribution in [0, 0.1) is 0 Å². The Balaban J connectivity index is 2.07. The van der Waals surface area contributed by atoms with Crippen molar-refractivity contribution in [2.45, 2.75) is 39.5 Å². The molecule has 0 spiro atoms. The van der Waals surface area contributed by atoms with Crippen LogP contribution < -0.4 is 4.74 Å². The Kier molecular flexibility index (Phi) is 5.78. The maximum atomic E-state index is 5.86. The molecule has 1 heterocycles. The highest BCUT2D eigenvalue weighted by atomic mass is 16.5.